The first kappa shape index (κ1) is 13.1. The zero-order valence-electron chi connectivity index (χ0n) is 8.54. The number of nitrogens with zero attached hydrogens (tertiary/aromatic N) is 2. The van der Waals surface area contributed by atoms with E-state index in [1.54, 1.807) is 25.1 Å². The van der Waals surface area contributed by atoms with Crippen molar-refractivity contribution in [2.24, 2.45) is 0 Å². The third kappa shape index (κ3) is 4.17. The molecule has 0 aliphatic rings. The Kier molecular flexibility index (Phi) is 5.71. The fraction of sp³-hybridized carbons (Fsp3) is 0.556. The number of methoxy groups -OCH3 is 1. The molecular formula is C9H12BrClN2OS. The second kappa shape index (κ2) is 6.55. The number of halogens is 2. The zero-order valence-corrected chi connectivity index (χ0v) is 11.7. The SMILES string of the molecule is COc1nc(SC(C)CCCl)ncc1Br. The van der Waals surface area contributed by atoms with Crippen LogP contribution in [0.4, 0.5) is 0 Å². The van der Waals surface area contributed by atoms with Crippen LogP contribution in [0.1, 0.15) is 13.3 Å². The first-order valence-corrected chi connectivity index (χ1v) is 6.67. The summed E-state index contributed by atoms with van der Waals surface area (Å²) in [5.41, 5.74) is 0. The van der Waals surface area contributed by atoms with Crippen molar-refractivity contribution in [1.82, 2.24) is 9.97 Å². The predicted octanol–water partition coefficient (Wildman–Crippen LogP) is 3.36. The van der Waals surface area contributed by atoms with E-state index in [1.165, 1.54) is 0 Å². The highest BCUT2D eigenvalue weighted by Gasteiger charge is 2.09. The van der Waals surface area contributed by atoms with Gasteiger partial charge in [-0.05, 0) is 22.4 Å². The van der Waals surface area contributed by atoms with E-state index >= 15 is 0 Å². The molecule has 0 N–H and O–H groups in total. The minimum atomic E-state index is 0.411. The minimum absolute atomic E-state index is 0.411. The van der Waals surface area contributed by atoms with Gasteiger partial charge in [0.2, 0.25) is 5.88 Å². The van der Waals surface area contributed by atoms with Crippen molar-refractivity contribution in [1.29, 1.82) is 0 Å². The van der Waals surface area contributed by atoms with Crippen LogP contribution in [0.25, 0.3) is 0 Å². The molecule has 1 heterocycles. The standard InChI is InChI=1S/C9H12BrClN2OS/c1-6(3-4-11)15-9-12-5-7(10)8(13-9)14-2/h5-6H,3-4H2,1-2H3. The Bertz CT molecular complexity index is 327. The molecule has 0 saturated carbocycles. The van der Waals surface area contributed by atoms with Gasteiger partial charge >= 0.3 is 0 Å². The van der Waals surface area contributed by atoms with Gasteiger partial charge in [-0.25, -0.2) is 4.98 Å². The van der Waals surface area contributed by atoms with Crippen LogP contribution in [0.3, 0.4) is 0 Å². The van der Waals surface area contributed by atoms with E-state index in [-0.39, 0.29) is 0 Å². The van der Waals surface area contributed by atoms with Crippen LogP contribution in [0.2, 0.25) is 0 Å². The quantitative estimate of drug-likeness (QED) is 0.474. The van der Waals surface area contributed by atoms with Crippen molar-refractivity contribution in [3.63, 3.8) is 0 Å². The molecule has 0 amide bonds. The Balaban J connectivity index is 2.69. The van der Waals surface area contributed by atoms with E-state index in [0.717, 1.165) is 10.9 Å². The monoisotopic (exact) mass is 310 g/mol. The van der Waals surface area contributed by atoms with Crippen molar-refractivity contribution in [3.8, 4) is 5.88 Å². The molecule has 1 rings (SSSR count). The lowest BCUT2D eigenvalue weighted by molar-refractivity contribution is 0.389. The van der Waals surface area contributed by atoms with Crippen molar-refractivity contribution >= 4 is 39.3 Å². The van der Waals surface area contributed by atoms with Gasteiger partial charge in [0.05, 0.1) is 11.6 Å². The minimum Gasteiger partial charge on any atom is -0.480 e. The summed E-state index contributed by atoms with van der Waals surface area (Å²) in [5.74, 6) is 1.22. The number of alkyl halides is 1. The maximum absolute atomic E-state index is 5.66. The fourth-order valence-corrected chi connectivity index (χ4v) is 2.58. The number of rotatable bonds is 5. The normalized spacial score (nSPS) is 12.5. The summed E-state index contributed by atoms with van der Waals surface area (Å²) in [6.45, 7) is 2.10. The van der Waals surface area contributed by atoms with Crippen LogP contribution in [0, 0.1) is 0 Å². The molecule has 0 spiro atoms. The lowest BCUT2D eigenvalue weighted by atomic mass is 10.4. The van der Waals surface area contributed by atoms with E-state index in [1.807, 2.05) is 0 Å². The van der Waals surface area contributed by atoms with Crippen molar-refractivity contribution in [3.05, 3.63) is 10.7 Å². The highest BCUT2D eigenvalue weighted by atomic mass is 79.9. The van der Waals surface area contributed by atoms with Gasteiger partial charge in [0.1, 0.15) is 0 Å². The lowest BCUT2D eigenvalue weighted by Crippen LogP contribution is -2.00. The molecule has 15 heavy (non-hydrogen) atoms. The number of aromatic nitrogens is 2. The second-order valence-electron chi connectivity index (χ2n) is 2.92. The fourth-order valence-electron chi connectivity index (χ4n) is 0.929. The molecule has 0 saturated heterocycles. The molecule has 1 aromatic heterocycles. The number of ether oxygens (including phenoxy) is 1. The van der Waals surface area contributed by atoms with Crippen molar-refractivity contribution in [2.45, 2.75) is 23.8 Å². The van der Waals surface area contributed by atoms with E-state index in [2.05, 4.69) is 32.8 Å². The Morgan fingerprint density at radius 2 is 2.40 bits per heavy atom. The van der Waals surface area contributed by atoms with Crippen molar-refractivity contribution < 1.29 is 4.74 Å². The molecule has 0 radical (unpaired) electrons. The summed E-state index contributed by atoms with van der Waals surface area (Å²) < 4.78 is 5.85. The van der Waals surface area contributed by atoms with Gasteiger partial charge < -0.3 is 4.74 Å². The molecule has 6 heteroatoms. The highest BCUT2D eigenvalue weighted by molar-refractivity contribution is 9.10. The Morgan fingerprint density at radius 3 is 3.00 bits per heavy atom. The van der Waals surface area contributed by atoms with Crippen LogP contribution in [-0.2, 0) is 0 Å². The smallest absolute Gasteiger partial charge is 0.231 e. The van der Waals surface area contributed by atoms with E-state index in [4.69, 9.17) is 16.3 Å². The van der Waals surface area contributed by atoms with E-state index < -0.39 is 0 Å². The average Bonchev–Trinajstić information content (AvgIpc) is 2.21. The largest absolute Gasteiger partial charge is 0.480 e. The number of hydrogen-bond acceptors (Lipinski definition) is 4. The Morgan fingerprint density at radius 1 is 1.67 bits per heavy atom. The van der Waals surface area contributed by atoms with Crippen LogP contribution in [0.15, 0.2) is 15.8 Å². The number of thioether (sulfide) groups is 1. The van der Waals surface area contributed by atoms with Gasteiger partial charge in [-0.2, -0.15) is 4.98 Å². The lowest BCUT2D eigenvalue weighted by Gasteiger charge is -2.08. The van der Waals surface area contributed by atoms with Gasteiger partial charge in [0, 0.05) is 17.3 Å². The Hall–Kier alpha value is -0.000000000000000111. The summed E-state index contributed by atoms with van der Waals surface area (Å²) in [6, 6.07) is 0. The van der Waals surface area contributed by atoms with Gasteiger partial charge in [0.25, 0.3) is 0 Å². The molecule has 0 aromatic carbocycles. The molecule has 0 fully saturated rings. The van der Waals surface area contributed by atoms with Gasteiger partial charge in [0.15, 0.2) is 5.16 Å². The maximum atomic E-state index is 5.66. The molecule has 84 valence electrons. The maximum Gasteiger partial charge on any atom is 0.231 e. The number of hydrogen-bond donors (Lipinski definition) is 0. The molecule has 1 unspecified atom stereocenters. The van der Waals surface area contributed by atoms with Gasteiger partial charge in [-0.3, -0.25) is 0 Å². The van der Waals surface area contributed by atoms with Crippen LogP contribution >= 0.6 is 39.3 Å². The summed E-state index contributed by atoms with van der Waals surface area (Å²) >= 11 is 10.6. The summed E-state index contributed by atoms with van der Waals surface area (Å²) in [5, 5.41) is 1.13. The third-order valence-corrected chi connectivity index (χ3v) is 3.51. The molecule has 3 nitrogen and oxygen atoms in total. The first-order chi connectivity index (χ1) is 7.17. The summed E-state index contributed by atoms with van der Waals surface area (Å²) in [4.78, 5) is 8.44. The predicted molar refractivity (Wildman–Crippen MR) is 66.9 cm³/mol. The highest BCUT2D eigenvalue weighted by Crippen LogP contribution is 2.27. The van der Waals surface area contributed by atoms with Crippen LogP contribution in [-0.4, -0.2) is 28.2 Å². The van der Waals surface area contributed by atoms with Crippen LogP contribution in [0.5, 0.6) is 5.88 Å². The third-order valence-electron chi connectivity index (χ3n) is 1.71. The van der Waals surface area contributed by atoms with Crippen LogP contribution < -0.4 is 4.74 Å². The average molecular weight is 312 g/mol. The molecule has 1 atom stereocenters. The van der Waals surface area contributed by atoms with E-state index in [9.17, 15) is 0 Å². The van der Waals surface area contributed by atoms with Gasteiger partial charge in [-0.15, -0.1) is 11.6 Å². The molecular weight excluding hydrogens is 300 g/mol. The summed E-state index contributed by atoms with van der Waals surface area (Å²) in [6.07, 6.45) is 2.63. The molecule has 1 aromatic rings. The second-order valence-corrected chi connectivity index (χ2v) is 5.55. The first-order valence-electron chi connectivity index (χ1n) is 4.46. The molecule has 0 aliphatic carbocycles. The molecule has 0 bridgehead atoms. The van der Waals surface area contributed by atoms with Crippen molar-refractivity contribution in [2.75, 3.05) is 13.0 Å². The summed E-state index contributed by atoms with van der Waals surface area (Å²) in [7, 11) is 1.59. The topological polar surface area (TPSA) is 35.0 Å². The zero-order chi connectivity index (χ0) is 11.3. The molecule has 0 aliphatic heterocycles. The Labute approximate surface area is 107 Å². The van der Waals surface area contributed by atoms with E-state index in [0.29, 0.717) is 22.2 Å². The van der Waals surface area contributed by atoms with Gasteiger partial charge in [-0.1, -0.05) is 18.7 Å².